The molecule has 102 valence electrons. The fourth-order valence-corrected chi connectivity index (χ4v) is 3.08. The van der Waals surface area contributed by atoms with Crippen LogP contribution >= 0.6 is 11.8 Å². The van der Waals surface area contributed by atoms with E-state index in [9.17, 15) is 9.59 Å². The van der Waals surface area contributed by atoms with E-state index in [-0.39, 0.29) is 5.12 Å². The molecule has 0 spiro atoms. The largest absolute Gasteiger partial charge is 0.465 e. The Kier molecular flexibility index (Phi) is 4.79. The molecular formula is C13H16N2O3S. The van der Waals surface area contributed by atoms with E-state index in [0.717, 1.165) is 18.6 Å². The average molecular weight is 280 g/mol. The molecule has 1 fully saturated rings. The van der Waals surface area contributed by atoms with Crippen LogP contribution in [-0.4, -0.2) is 45.0 Å². The summed E-state index contributed by atoms with van der Waals surface area (Å²) in [5, 5.41) is 8.91. The molecule has 2 heterocycles. The van der Waals surface area contributed by atoms with E-state index >= 15 is 0 Å². The van der Waals surface area contributed by atoms with E-state index in [1.54, 1.807) is 24.5 Å². The van der Waals surface area contributed by atoms with Gasteiger partial charge >= 0.3 is 6.09 Å². The molecule has 1 aliphatic heterocycles. The number of thioether (sulfide) groups is 1. The third kappa shape index (κ3) is 3.96. The minimum Gasteiger partial charge on any atom is -0.465 e. The van der Waals surface area contributed by atoms with Gasteiger partial charge in [0.15, 0.2) is 0 Å². The summed E-state index contributed by atoms with van der Waals surface area (Å²) >= 11 is 1.31. The first-order chi connectivity index (χ1) is 9.16. The quantitative estimate of drug-likeness (QED) is 0.920. The summed E-state index contributed by atoms with van der Waals surface area (Å²) in [6.45, 7) is 1.15. The lowest BCUT2D eigenvalue weighted by Crippen LogP contribution is -2.38. The van der Waals surface area contributed by atoms with Crippen molar-refractivity contribution in [1.29, 1.82) is 0 Å². The Labute approximate surface area is 116 Å². The van der Waals surface area contributed by atoms with Crippen molar-refractivity contribution in [3.63, 3.8) is 0 Å². The van der Waals surface area contributed by atoms with Crippen molar-refractivity contribution in [3.8, 4) is 0 Å². The molecule has 0 aromatic carbocycles. The molecule has 5 nitrogen and oxygen atoms in total. The molecule has 1 saturated heterocycles. The smallest absolute Gasteiger partial charge is 0.407 e. The number of pyridine rings is 1. The third-order valence-electron chi connectivity index (χ3n) is 3.25. The fraction of sp³-hybridized carbons (Fsp3) is 0.462. The van der Waals surface area contributed by atoms with Gasteiger partial charge in [-0.3, -0.25) is 9.78 Å². The van der Waals surface area contributed by atoms with Crippen LogP contribution in [0.2, 0.25) is 0 Å². The van der Waals surface area contributed by atoms with Crippen LogP contribution in [0.5, 0.6) is 0 Å². The van der Waals surface area contributed by atoms with Gasteiger partial charge in [0.1, 0.15) is 0 Å². The van der Waals surface area contributed by atoms with Gasteiger partial charge in [-0.25, -0.2) is 4.79 Å². The molecular weight excluding hydrogens is 264 g/mol. The van der Waals surface area contributed by atoms with Gasteiger partial charge in [-0.1, -0.05) is 11.8 Å². The van der Waals surface area contributed by atoms with Gasteiger partial charge in [0, 0.05) is 36.8 Å². The van der Waals surface area contributed by atoms with Gasteiger partial charge in [-0.05, 0) is 30.9 Å². The van der Waals surface area contributed by atoms with Crippen molar-refractivity contribution in [2.75, 3.05) is 18.8 Å². The Balaban J connectivity index is 1.75. The number of amides is 1. The van der Waals surface area contributed by atoms with Crippen molar-refractivity contribution in [3.05, 3.63) is 30.1 Å². The Bertz CT molecular complexity index is 444. The maximum Gasteiger partial charge on any atom is 0.407 e. The van der Waals surface area contributed by atoms with E-state index in [4.69, 9.17) is 5.11 Å². The molecule has 0 saturated carbocycles. The van der Waals surface area contributed by atoms with Crippen LogP contribution < -0.4 is 0 Å². The number of aromatic nitrogens is 1. The normalized spacial score (nSPS) is 16.3. The van der Waals surface area contributed by atoms with Crippen molar-refractivity contribution in [2.45, 2.75) is 12.8 Å². The van der Waals surface area contributed by atoms with Gasteiger partial charge in [0.05, 0.1) is 0 Å². The lowest BCUT2D eigenvalue weighted by Gasteiger charge is -2.29. The Morgan fingerprint density at radius 2 is 1.95 bits per heavy atom. The molecule has 1 aromatic heterocycles. The summed E-state index contributed by atoms with van der Waals surface area (Å²) in [4.78, 5) is 28.0. The first-order valence-corrected chi connectivity index (χ1v) is 7.20. The van der Waals surface area contributed by atoms with Crippen LogP contribution in [0.15, 0.2) is 24.5 Å². The first kappa shape index (κ1) is 13.9. The maximum absolute atomic E-state index is 11.9. The predicted octanol–water partition coefficient (Wildman–Crippen LogP) is 2.35. The Hall–Kier alpha value is -1.56. The minimum absolute atomic E-state index is 0.0584. The highest BCUT2D eigenvalue weighted by Gasteiger charge is 2.23. The highest BCUT2D eigenvalue weighted by atomic mass is 32.2. The molecule has 0 aliphatic carbocycles. The number of nitrogens with zero attached hydrogens (tertiary/aromatic N) is 2. The van der Waals surface area contributed by atoms with Crippen molar-refractivity contribution in [1.82, 2.24) is 9.88 Å². The van der Waals surface area contributed by atoms with Crippen LogP contribution in [0.4, 0.5) is 4.79 Å². The van der Waals surface area contributed by atoms with Crippen LogP contribution in [-0.2, 0) is 0 Å². The number of carboxylic acid groups (broad SMARTS) is 1. The zero-order valence-corrected chi connectivity index (χ0v) is 11.3. The van der Waals surface area contributed by atoms with Crippen molar-refractivity contribution < 1.29 is 14.7 Å². The molecule has 19 heavy (non-hydrogen) atoms. The summed E-state index contributed by atoms with van der Waals surface area (Å²) in [5.74, 6) is 1.18. The summed E-state index contributed by atoms with van der Waals surface area (Å²) in [6, 6.07) is 3.42. The molecule has 0 bridgehead atoms. The molecule has 1 N–H and O–H groups in total. The fourth-order valence-electron chi connectivity index (χ4n) is 2.06. The molecule has 0 atom stereocenters. The second-order valence-corrected chi connectivity index (χ2v) is 5.54. The third-order valence-corrected chi connectivity index (χ3v) is 4.39. The summed E-state index contributed by atoms with van der Waals surface area (Å²) in [5.41, 5.74) is 0.669. The Morgan fingerprint density at radius 3 is 2.53 bits per heavy atom. The topological polar surface area (TPSA) is 70.5 Å². The van der Waals surface area contributed by atoms with E-state index in [0.29, 0.717) is 24.6 Å². The molecule has 1 amide bonds. The number of rotatable bonds is 3. The number of hydrogen-bond acceptors (Lipinski definition) is 4. The van der Waals surface area contributed by atoms with Crippen LogP contribution in [0, 0.1) is 5.92 Å². The predicted molar refractivity (Wildman–Crippen MR) is 73.3 cm³/mol. The zero-order chi connectivity index (χ0) is 13.7. The van der Waals surface area contributed by atoms with E-state index in [1.165, 1.54) is 16.7 Å². The van der Waals surface area contributed by atoms with Crippen LogP contribution in [0.25, 0.3) is 0 Å². The highest BCUT2D eigenvalue weighted by Crippen LogP contribution is 2.23. The van der Waals surface area contributed by atoms with Gasteiger partial charge in [0.25, 0.3) is 0 Å². The molecule has 1 aliphatic rings. The monoisotopic (exact) mass is 280 g/mol. The number of piperidine rings is 1. The van der Waals surface area contributed by atoms with Crippen molar-refractivity contribution >= 4 is 23.0 Å². The van der Waals surface area contributed by atoms with Gasteiger partial charge < -0.3 is 10.0 Å². The SMILES string of the molecule is O=C(SCC1CCN(C(=O)O)CC1)c1ccncc1. The number of likely N-dealkylation sites (tertiary alicyclic amines) is 1. The Morgan fingerprint density at radius 1 is 1.32 bits per heavy atom. The summed E-state index contributed by atoms with van der Waals surface area (Å²) < 4.78 is 0. The average Bonchev–Trinajstić information content (AvgIpc) is 2.46. The molecule has 0 radical (unpaired) electrons. The standard InChI is InChI=1S/C13H16N2O3S/c16-12(11-1-5-14-6-2-11)19-9-10-3-7-15(8-4-10)13(17)18/h1-2,5-6,10H,3-4,7-9H2,(H,17,18). The summed E-state index contributed by atoms with van der Waals surface area (Å²) in [6.07, 6.45) is 4.04. The molecule has 0 unspecified atom stereocenters. The van der Waals surface area contributed by atoms with E-state index in [1.807, 2.05) is 0 Å². The van der Waals surface area contributed by atoms with Crippen LogP contribution in [0.1, 0.15) is 23.2 Å². The van der Waals surface area contributed by atoms with Crippen molar-refractivity contribution in [2.24, 2.45) is 5.92 Å². The highest BCUT2D eigenvalue weighted by molar-refractivity contribution is 8.14. The lowest BCUT2D eigenvalue weighted by molar-refractivity contribution is 0.108. The lowest BCUT2D eigenvalue weighted by atomic mass is 9.99. The van der Waals surface area contributed by atoms with Crippen LogP contribution in [0.3, 0.4) is 0 Å². The molecule has 2 rings (SSSR count). The van der Waals surface area contributed by atoms with Gasteiger partial charge in [0.2, 0.25) is 5.12 Å². The van der Waals surface area contributed by atoms with Gasteiger partial charge in [-0.2, -0.15) is 0 Å². The zero-order valence-electron chi connectivity index (χ0n) is 10.5. The molecule has 6 heteroatoms. The first-order valence-electron chi connectivity index (χ1n) is 6.22. The second kappa shape index (κ2) is 6.56. The summed E-state index contributed by atoms with van der Waals surface area (Å²) in [7, 11) is 0. The number of carbonyl (C=O) groups is 2. The minimum atomic E-state index is -0.848. The molecule has 1 aromatic rings. The van der Waals surface area contributed by atoms with E-state index < -0.39 is 6.09 Å². The number of carbonyl (C=O) groups excluding carboxylic acids is 1. The van der Waals surface area contributed by atoms with E-state index in [2.05, 4.69) is 4.98 Å². The van der Waals surface area contributed by atoms with Gasteiger partial charge in [-0.15, -0.1) is 0 Å². The maximum atomic E-state index is 11.9. The second-order valence-electron chi connectivity index (χ2n) is 4.55. The number of hydrogen-bond donors (Lipinski definition) is 1.